The molecule has 0 aromatic rings. The van der Waals surface area contributed by atoms with Gasteiger partial charge in [0.25, 0.3) is 17.7 Å². The van der Waals surface area contributed by atoms with Gasteiger partial charge >= 0.3 is 0 Å². The van der Waals surface area contributed by atoms with E-state index in [0.29, 0.717) is 0 Å². The Balaban J connectivity index is 2.68. The summed E-state index contributed by atoms with van der Waals surface area (Å²) in [7, 11) is 1.37. The van der Waals surface area contributed by atoms with Crippen LogP contribution in [0.4, 0.5) is 13.2 Å². The number of carbonyl (C=O) groups is 3. The number of hydrogen-bond acceptors (Lipinski definition) is 4. The first-order valence-electron chi connectivity index (χ1n) is 9.38. The third-order valence-corrected chi connectivity index (χ3v) is 4.19. The van der Waals surface area contributed by atoms with Crippen molar-refractivity contribution >= 4 is 24.1 Å². The van der Waals surface area contributed by atoms with Crippen LogP contribution < -0.4 is 0 Å². The van der Waals surface area contributed by atoms with Gasteiger partial charge in [0.2, 0.25) is 0 Å². The lowest BCUT2D eigenvalue weighted by Gasteiger charge is -2.18. The number of rotatable bonds is 10. The summed E-state index contributed by atoms with van der Waals surface area (Å²) in [6.07, 6.45) is 12.8. The Kier molecular flexibility index (Phi) is 10.5. The first-order valence-corrected chi connectivity index (χ1v) is 9.38. The normalized spacial score (nSPS) is 16.4. The van der Waals surface area contributed by atoms with E-state index in [0.717, 1.165) is 27.1 Å². The van der Waals surface area contributed by atoms with Crippen molar-refractivity contribution in [2.75, 3.05) is 33.2 Å². The molecule has 10 heteroatoms. The van der Waals surface area contributed by atoms with Crippen LogP contribution in [-0.2, 0) is 14.4 Å². The third kappa shape index (κ3) is 7.80. The highest BCUT2D eigenvalue weighted by Crippen LogP contribution is 2.13. The summed E-state index contributed by atoms with van der Waals surface area (Å²) in [6, 6.07) is -0.885. The molecule has 0 radical (unpaired) electrons. The highest BCUT2D eigenvalue weighted by molar-refractivity contribution is 5.98. The maximum atomic E-state index is 14.4. The predicted molar refractivity (Wildman–Crippen MR) is 114 cm³/mol. The van der Waals surface area contributed by atoms with Crippen LogP contribution in [0.2, 0.25) is 0 Å². The summed E-state index contributed by atoms with van der Waals surface area (Å²) >= 11 is 0. The fourth-order valence-corrected chi connectivity index (χ4v) is 2.54. The van der Waals surface area contributed by atoms with Gasteiger partial charge < -0.3 is 9.80 Å². The largest absolute Gasteiger partial charge is 0.332 e. The van der Waals surface area contributed by atoms with Crippen molar-refractivity contribution < 1.29 is 27.6 Å². The molecule has 7 nitrogen and oxygen atoms in total. The van der Waals surface area contributed by atoms with Crippen molar-refractivity contribution in [2.45, 2.75) is 18.6 Å². The molecule has 0 spiro atoms. The highest BCUT2D eigenvalue weighted by Gasteiger charge is 2.26. The molecule has 3 amide bonds. The minimum Gasteiger partial charge on any atom is -0.332 e. The highest BCUT2D eigenvalue weighted by atomic mass is 19.1. The number of halogens is 3. The molecule has 2 unspecified atom stereocenters. The van der Waals surface area contributed by atoms with Gasteiger partial charge in [0.15, 0.2) is 17.8 Å². The number of carbonyl (C=O) groups excluding carboxylic acids is 3. The lowest BCUT2D eigenvalue weighted by molar-refractivity contribution is -0.134. The maximum Gasteiger partial charge on any atom is 0.287 e. The molecule has 0 N–H and O–H groups in total. The smallest absolute Gasteiger partial charge is 0.287 e. The minimum atomic E-state index is -1.82. The van der Waals surface area contributed by atoms with Crippen molar-refractivity contribution in [3.63, 3.8) is 0 Å². The molecule has 0 saturated carbocycles. The number of amides is 3. The zero-order chi connectivity index (χ0) is 24.3. The molecule has 1 rings (SSSR count). The summed E-state index contributed by atoms with van der Waals surface area (Å²) in [5.41, 5.74) is 0. The standard InChI is InChI=1S/C22H23F3N4O3/c1-5-10-27(4)21(31)18(24)9-7-8-12-28(11-6-2)22(32)19(25)13-17-14-29(15-26-17)20(30)16(3)23/h1-2,7-8,13,15,17-18H,3,9-12,14H2,4H3/b8-7+,19-13-. The first kappa shape index (κ1) is 26.2. The van der Waals surface area contributed by atoms with Crippen LogP contribution in [-0.4, -0.2) is 84.2 Å². The summed E-state index contributed by atoms with van der Waals surface area (Å²) in [4.78, 5) is 42.3. The molecule has 170 valence electrons. The summed E-state index contributed by atoms with van der Waals surface area (Å²) in [6.45, 7) is 2.34. The summed E-state index contributed by atoms with van der Waals surface area (Å²) in [5.74, 6) is -0.736. The molecule has 0 saturated heterocycles. The zero-order valence-electron chi connectivity index (χ0n) is 17.5. The van der Waals surface area contributed by atoms with Gasteiger partial charge in [-0.3, -0.25) is 24.3 Å². The minimum absolute atomic E-state index is 0.0292. The molecule has 0 aliphatic carbocycles. The Hall–Kier alpha value is -3.79. The topological polar surface area (TPSA) is 73.3 Å². The van der Waals surface area contributed by atoms with Gasteiger partial charge in [0.05, 0.1) is 32.0 Å². The quantitative estimate of drug-likeness (QED) is 0.288. The van der Waals surface area contributed by atoms with Crippen LogP contribution in [0, 0.1) is 24.7 Å². The van der Waals surface area contributed by atoms with Crippen molar-refractivity contribution in [3.05, 3.63) is 36.5 Å². The van der Waals surface area contributed by atoms with Crippen LogP contribution in [0.3, 0.4) is 0 Å². The van der Waals surface area contributed by atoms with Crippen LogP contribution in [0.1, 0.15) is 6.42 Å². The molecule has 1 aliphatic heterocycles. The van der Waals surface area contributed by atoms with Crippen LogP contribution in [0.25, 0.3) is 0 Å². The third-order valence-electron chi connectivity index (χ3n) is 4.19. The van der Waals surface area contributed by atoms with E-state index >= 15 is 0 Å². The Morgan fingerprint density at radius 3 is 2.53 bits per heavy atom. The van der Waals surface area contributed by atoms with E-state index in [1.54, 1.807) is 0 Å². The van der Waals surface area contributed by atoms with E-state index in [2.05, 4.69) is 23.4 Å². The fourth-order valence-electron chi connectivity index (χ4n) is 2.54. The molecule has 1 heterocycles. The molecular weight excluding hydrogens is 425 g/mol. The Labute approximate surface area is 184 Å². The Morgan fingerprint density at radius 2 is 1.94 bits per heavy atom. The first-order chi connectivity index (χ1) is 15.1. The fraction of sp³-hybridized carbons (Fsp3) is 0.364. The molecule has 1 aliphatic rings. The van der Waals surface area contributed by atoms with E-state index in [4.69, 9.17) is 12.8 Å². The van der Waals surface area contributed by atoms with E-state index in [1.807, 2.05) is 0 Å². The van der Waals surface area contributed by atoms with Crippen LogP contribution >= 0.6 is 0 Å². The van der Waals surface area contributed by atoms with Gasteiger partial charge in [-0.1, -0.05) is 30.6 Å². The lowest BCUT2D eigenvalue weighted by Crippen LogP contribution is -2.34. The number of nitrogens with zero attached hydrogens (tertiary/aromatic N) is 4. The van der Waals surface area contributed by atoms with E-state index in [1.165, 1.54) is 19.2 Å². The van der Waals surface area contributed by atoms with Crippen LogP contribution in [0.5, 0.6) is 0 Å². The Bertz CT molecular complexity index is 914. The van der Waals surface area contributed by atoms with Crippen molar-refractivity contribution in [2.24, 2.45) is 4.99 Å². The number of allylic oxidation sites excluding steroid dienone is 1. The predicted octanol–water partition coefficient (Wildman–Crippen LogP) is 1.40. The zero-order valence-corrected chi connectivity index (χ0v) is 17.5. The second kappa shape index (κ2) is 12.8. The number of alkyl halides is 1. The van der Waals surface area contributed by atoms with E-state index < -0.39 is 41.6 Å². The second-order valence-corrected chi connectivity index (χ2v) is 6.67. The van der Waals surface area contributed by atoms with E-state index in [9.17, 15) is 27.6 Å². The molecule has 0 aromatic carbocycles. The van der Waals surface area contributed by atoms with Gasteiger partial charge in [0, 0.05) is 20.0 Å². The average Bonchev–Trinajstić information content (AvgIpc) is 3.22. The summed E-state index contributed by atoms with van der Waals surface area (Å²) < 4.78 is 41.2. The molecule has 2 atom stereocenters. The van der Waals surface area contributed by atoms with Crippen LogP contribution in [0.15, 0.2) is 41.5 Å². The number of terminal acetylenes is 2. The van der Waals surface area contributed by atoms with Gasteiger partial charge in [-0.15, -0.1) is 12.8 Å². The van der Waals surface area contributed by atoms with Gasteiger partial charge in [-0.2, -0.15) is 0 Å². The number of hydrogen-bond donors (Lipinski definition) is 0. The SMILES string of the molecule is C#CCN(C)C(=O)C(F)C/C=C/CN(CC#C)C(=O)/C(F)=C/C1CN(C(=O)C(=C)F)C=N1. The maximum absolute atomic E-state index is 14.4. The summed E-state index contributed by atoms with van der Waals surface area (Å²) in [5, 5.41) is 0. The Morgan fingerprint density at radius 1 is 1.28 bits per heavy atom. The monoisotopic (exact) mass is 448 g/mol. The number of aliphatic imine (C=N–C) groups is 1. The molecule has 32 heavy (non-hydrogen) atoms. The van der Waals surface area contributed by atoms with E-state index in [-0.39, 0.29) is 32.6 Å². The molecule has 0 bridgehead atoms. The molecule has 0 fully saturated rings. The van der Waals surface area contributed by atoms with Gasteiger partial charge in [0.1, 0.15) is 0 Å². The van der Waals surface area contributed by atoms with Gasteiger partial charge in [-0.25, -0.2) is 13.2 Å². The molecular formula is C22H23F3N4O3. The molecule has 0 aromatic heterocycles. The van der Waals surface area contributed by atoms with Crippen molar-refractivity contribution in [1.82, 2.24) is 14.7 Å². The van der Waals surface area contributed by atoms with Gasteiger partial charge in [-0.05, 0) is 6.08 Å². The van der Waals surface area contributed by atoms with Crippen molar-refractivity contribution in [1.29, 1.82) is 0 Å². The lowest BCUT2D eigenvalue weighted by atomic mass is 10.2. The second-order valence-electron chi connectivity index (χ2n) is 6.67. The average molecular weight is 448 g/mol. The van der Waals surface area contributed by atoms with Crippen molar-refractivity contribution in [3.8, 4) is 24.7 Å².